The van der Waals surface area contributed by atoms with E-state index >= 15 is 0 Å². The first-order valence-corrected chi connectivity index (χ1v) is 9.76. The van der Waals surface area contributed by atoms with Gasteiger partial charge in [-0.15, -0.1) is 0 Å². The third-order valence-corrected chi connectivity index (χ3v) is 5.24. The van der Waals surface area contributed by atoms with Crippen LogP contribution in [0, 0.1) is 0 Å². The molecule has 0 saturated carbocycles. The van der Waals surface area contributed by atoms with Gasteiger partial charge in [0.15, 0.2) is 5.78 Å². The second-order valence-electron chi connectivity index (χ2n) is 6.86. The first kappa shape index (κ1) is 19.7. The number of hydrogen-bond acceptors (Lipinski definition) is 5. The number of hydrogen-bond donors (Lipinski definition) is 1. The number of aromatic nitrogens is 1. The molecule has 0 radical (unpaired) electrons. The number of nitrogens with zero attached hydrogens (tertiary/aromatic N) is 1. The fourth-order valence-electron chi connectivity index (χ4n) is 3.27. The second kappa shape index (κ2) is 8.43. The van der Waals surface area contributed by atoms with Crippen molar-refractivity contribution in [2.45, 2.75) is 13.0 Å². The fourth-order valence-corrected chi connectivity index (χ4v) is 3.53. The number of allylic oxidation sites excluding steroid dienone is 2. The molecule has 5 nitrogen and oxygen atoms in total. The minimum atomic E-state index is -0.371. The Morgan fingerprint density at radius 3 is 2.20 bits per heavy atom. The van der Waals surface area contributed by atoms with Crippen molar-refractivity contribution in [3.63, 3.8) is 0 Å². The molecule has 30 heavy (non-hydrogen) atoms. The van der Waals surface area contributed by atoms with E-state index in [-0.39, 0.29) is 34.5 Å². The van der Waals surface area contributed by atoms with Crippen LogP contribution in [0.3, 0.4) is 0 Å². The molecule has 1 aliphatic carbocycles. The van der Waals surface area contributed by atoms with E-state index in [0.29, 0.717) is 23.2 Å². The number of pyridine rings is 1. The Kier molecular flexibility index (Phi) is 5.55. The average molecular weight is 417 g/mol. The van der Waals surface area contributed by atoms with Crippen LogP contribution in [-0.4, -0.2) is 22.3 Å². The normalized spacial score (nSPS) is 13.2. The van der Waals surface area contributed by atoms with Gasteiger partial charge in [0.25, 0.3) is 0 Å². The van der Waals surface area contributed by atoms with Gasteiger partial charge in [-0.2, -0.15) is 0 Å². The lowest BCUT2D eigenvalue weighted by molar-refractivity contribution is 0.0974. The summed E-state index contributed by atoms with van der Waals surface area (Å²) in [6.45, 7) is 0.293. The first-order valence-electron chi connectivity index (χ1n) is 9.38. The zero-order chi connectivity index (χ0) is 21.1. The van der Waals surface area contributed by atoms with E-state index in [1.807, 2.05) is 12.1 Å². The number of ketones is 3. The SMILES string of the molecule is O=C(Cc1ccccn1)c1ccc(CNC2=C(Cl)C(=O)c3ccccc3C2=O)cc1. The van der Waals surface area contributed by atoms with Gasteiger partial charge >= 0.3 is 0 Å². The van der Waals surface area contributed by atoms with Gasteiger partial charge in [0, 0.05) is 35.1 Å². The van der Waals surface area contributed by atoms with Crippen molar-refractivity contribution in [1.29, 1.82) is 0 Å². The summed E-state index contributed by atoms with van der Waals surface area (Å²) in [5, 5.41) is 2.87. The molecule has 0 aliphatic heterocycles. The van der Waals surface area contributed by atoms with Crippen LogP contribution in [0.4, 0.5) is 0 Å². The van der Waals surface area contributed by atoms with Crippen LogP contribution in [0.2, 0.25) is 0 Å². The number of rotatable bonds is 6. The smallest absolute Gasteiger partial charge is 0.211 e. The Hall–Kier alpha value is -3.57. The van der Waals surface area contributed by atoms with E-state index in [1.165, 1.54) is 0 Å². The number of benzene rings is 2. The molecule has 0 spiro atoms. The number of fused-ring (bicyclic) bond motifs is 1. The van der Waals surface area contributed by atoms with Gasteiger partial charge in [-0.05, 0) is 17.7 Å². The van der Waals surface area contributed by atoms with Crippen LogP contribution in [0.15, 0.2) is 83.7 Å². The zero-order valence-corrected chi connectivity index (χ0v) is 16.6. The summed E-state index contributed by atoms with van der Waals surface area (Å²) in [6.07, 6.45) is 1.89. The second-order valence-corrected chi connectivity index (χ2v) is 7.24. The Morgan fingerprint density at radius 1 is 0.867 bits per heavy atom. The van der Waals surface area contributed by atoms with Crippen LogP contribution in [0.25, 0.3) is 0 Å². The molecule has 2 aromatic carbocycles. The molecule has 3 aromatic rings. The number of halogens is 1. The highest BCUT2D eigenvalue weighted by Crippen LogP contribution is 2.27. The summed E-state index contributed by atoms with van der Waals surface area (Å²) in [6, 6.07) is 19.2. The zero-order valence-electron chi connectivity index (χ0n) is 15.9. The molecule has 1 aliphatic rings. The van der Waals surface area contributed by atoms with Crippen molar-refractivity contribution in [2.75, 3.05) is 0 Å². The van der Waals surface area contributed by atoms with Crippen molar-refractivity contribution in [3.05, 3.63) is 112 Å². The molecule has 1 heterocycles. The molecule has 148 valence electrons. The Morgan fingerprint density at radius 2 is 1.53 bits per heavy atom. The van der Waals surface area contributed by atoms with Gasteiger partial charge in [-0.25, -0.2) is 0 Å². The molecule has 0 fully saturated rings. The van der Waals surface area contributed by atoms with E-state index in [2.05, 4.69) is 10.3 Å². The van der Waals surface area contributed by atoms with E-state index in [4.69, 9.17) is 11.6 Å². The lowest BCUT2D eigenvalue weighted by Gasteiger charge is -2.19. The molecule has 1 N–H and O–H groups in total. The summed E-state index contributed by atoms with van der Waals surface area (Å²) >= 11 is 6.16. The first-order chi connectivity index (χ1) is 14.5. The largest absolute Gasteiger partial charge is 0.376 e. The van der Waals surface area contributed by atoms with Crippen molar-refractivity contribution in [2.24, 2.45) is 0 Å². The molecule has 4 rings (SSSR count). The predicted octanol–water partition coefficient (Wildman–Crippen LogP) is 4.13. The molecule has 0 amide bonds. The van der Waals surface area contributed by atoms with Crippen molar-refractivity contribution >= 4 is 29.0 Å². The van der Waals surface area contributed by atoms with Crippen LogP contribution in [0.1, 0.15) is 42.3 Å². The summed E-state index contributed by atoms with van der Waals surface area (Å²) in [5.74, 6) is -0.703. The lowest BCUT2D eigenvalue weighted by atomic mass is 9.92. The van der Waals surface area contributed by atoms with Crippen LogP contribution in [0.5, 0.6) is 0 Å². The van der Waals surface area contributed by atoms with Crippen LogP contribution in [-0.2, 0) is 13.0 Å². The molecule has 0 saturated heterocycles. The molecule has 1 aromatic heterocycles. The lowest BCUT2D eigenvalue weighted by Crippen LogP contribution is -2.28. The highest BCUT2D eigenvalue weighted by molar-refractivity contribution is 6.49. The quantitative estimate of drug-likeness (QED) is 0.611. The highest BCUT2D eigenvalue weighted by atomic mass is 35.5. The molecular weight excluding hydrogens is 400 g/mol. The standard InChI is InChI=1S/C24H17ClN2O3/c25-21-22(24(30)19-7-2-1-6-18(19)23(21)29)27-14-15-8-10-16(11-9-15)20(28)13-17-5-3-4-12-26-17/h1-12,27H,13-14H2. The van der Waals surface area contributed by atoms with E-state index in [0.717, 1.165) is 11.3 Å². The maximum atomic E-state index is 12.7. The minimum Gasteiger partial charge on any atom is -0.376 e. The maximum absolute atomic E-state index is 12.7. The third-order valence-electron chi connectivity index (χ3n) is 4.88. The minimum absolute atomic E-state index is 0.0244. The fraction of sp³-hybridized carbons (Fsp3) is 0.0833. The van der Waals surface area contributed by atoms with E-state index < -0.39 is 0 Å². The monoisotopic (exact) mass is 416 g/mol. The van der Waals surface area contributed by atoms with E-state index in [1.54, 1.807) is 60.8 Å². The van der Waals surface area contributed by atoms with Gasteiger partial charge < -0.3 is 5.32 Å². The summed E-state index contributed by atoms with van der Waals surface area (Å²) in [4.78, 5) is 41.7. The topological polar surface area (TPSA) is 76.1 Å². The van der Waals surface area contributed by atoms with Gasteiger partial charge in [-0.3, -0.25) is 19.4 Å². The Bertz CT molecular complexity index is 1170. The summed E-state index contributed by atoms with van der Waals surface area (Å²) < 4.78 is 0. The van der Waals surface area contributed by atoms with Gasteiger partial charge in [0.1, 0.15) is 10.7 Å². The van der Waals surface area contributed by atoms with Gasteiger partial charge in [-0.1, -0.05) is 66.2 Å². The predicted molar refractivity (Wildman–Crippen MR) is 114 cm³/mol. The third kappa shape index (κ3) is 3.93. The summed E-state index contributed by atoms with van der Waals surface area (Å²) in [7, 11) is 0. The Balaban J connectivity index is 1.44. The molecule has 0 atom stereocenters. The average Bonchev–Trinajstić information content (AvgIpc) is 2.78. The number of carbonyl (C=O) groups is 3. The molecule has 6 heteroatoms. The molecular formula is C24H17ClN2O3. The maximum Gasteiger partial charge on any atom is 0.211 e. The number of nitrogens with one attached hydrogen (secondary N) is 1. The number of Topliss-reactive ketones (excluding diaryl/α,β-unsaturated/α-hetero) is 3. The van der Waals surface area contributed by atoms with Crippen molar-refractivity contribution in [1.82, 2.24) is 10.3 Å². The molecule has 0 unspecified atom stereocenters. The van der Waals surface area contributed by atoms with Gasteiger partial charge in [0.05, 0.1) is 6.42 Å². The van der Waals surface area contributed by atoms with E-state index in [9.17, 15) is 14.4 Å². The highest BCUT2D eigenvalue weighted by Gasteiger charge is 2.30. The number of carbonyl (C=O) groups excluding carboxylic acids is 3. The van der Waals surface area contributed by atoms with Crippen LogP contribution >= 0.6 is 11.6 Å². The van der Waals surface area contributed by atoms with Crippen LogP contribution < -0.4 is 5.32 Å². The van der Waals surface area contributed by atoms with Crippen molar-refractivity contribution < 1.29 is 14.4 Å². The van der Waals surface area contributed by atoms with Crippen molar-refractivity contribution in [3.8, 4) is 0 Å². The Labute approximate surface area is 178 Å². The summed E-state index contributed by atoms with van der Waals surface area (Å²) in [5.41, 5.74) is 2.89. The van der Waals surface area contributed by atoms with Gasteiger partial charge in [0.2, 0.25) is 11.6 Å². The molecule has 0 bridgehead atoms.